The molecule has 0 atom stereocenters. The quantitative estimate of drug-likeness (QED) is 0.922. The number of fused-ring (bicyclic) bond motifs is 1. The van der Waals surface area contributed by atoms with E-state index in [2.05, 4.69) is 28.5 Å². The molecule has 1 saturated heterocycles. The molecule has 0 aromatic carbocycles. The Balaban J connectivity index is 1.95. The third kappa shape index (κ3) is 2.68. The second-order valence-corrected chi connectivity index (χ2v) is 5.99. The van der Waals surface area contributed by atoms with E-state index in [4.69, 9.17) is 16.6 Å². The number of rotatable bonds is 2. The van der Waals surface area contributed by atoms with Crippen molar-refractivity contribution in [3.05, 3.63) is 34.2 Å². The van der Waals surface area contributed by atoms with Crippen LogP contribution in [-0.2, 0) is 6.54 Å². The maximum absolute atomic E-state index is 6.20. The zero-order valence-electron chi connectivity index (χ0n) is 12.1. The summed E-state index contributed by atoms with van der Waals surface area (Å²) in [6.07, 6.45) is 3.19. The van der Waals surface area contributed by atoms with Crippen LogP contribution in [-0.4, -0.2) is 40.5 Å². The van der Waals surface area contributed by atoms with Crippen molar-refractivity contribution in [2.24, 2.45) is 0 Å². The molecule has 5 heteroatoms. The summed E-state index contributed by atoms with van der Waals surface area (Å²) >= 11 is 6.20. The lowest BCUT2D eigenvalue weighted by Gasteiger charge is -2.19. The Morgan fingerprint density at radius 3 is 3.00 bits per heavy atom. The fourth-order valence-corrected chi connectivity index (χ4v) is 3.15. The Morgan fingerprint density at radius 2 is 2.15 bits per heavy atom. The molecule has 0 bridgehead atoms. The Kier molecular flexibility index (Phi) is 3.96. The van der Waals surface area contributed by atoms with Gasteiger partial charge in [0.25, 0.3) is 0 Å². The highest BCUT2D eigenvalue weighted by atomic mass is 35.5. The lowest BCUT2D eigenvalue weighted by molar-refractivity contribution is 0.279. The average molecular weight is 293 g/mol. The maximum atomic E-state index is 6.20. The first-order chi connectivity index (χ1) is 9.65. The van der Waals surface area contributed by atoms with Gasteiger partial charge in [-0.1, -0.05) is 11.6 Å². The molecular formula is C15H21ClN4. The summed E-state index contributed by atoms with van der Waals surface area (Å²) in [5.74, 6) is 0. The number of nitrogens with zero attached hydrogens (tertiary/aromatic N) is 3. The van der Waals surface area contributed by atoms with E-state index >= 15 is 0 Å². The number of hydrogen-bond acceptors (Lipinski definition) is 3. The normalized spacial score (nSPS) is 17.6. The molecule has 0 unspecified atom stereocenters. The van der Waals surface area contributed by atoms with Crippen LogP contribution < -0.4 is 5.32 Å². The molecule has 4 nitrogen and oxygen atoms in total. The molecule has 1 aliphatic heterocycles. The van der Waals surface area contributed by atoms with E-state index in [9.17, 15) is 0 Å². The molecule has 0 amide bonds. The molecule has 0 spiro atoms. The van der Waals surface area contributed by atoms with Crippen molar-refractivity contribution in [2.45, 2.75) is 26.8 Å². The average Bonchev–Trinajstić information content (AvgIpc) is 2.61. The molecule has 108 valence electrons. The van der Waals surface area contributed by atoms with Crippen LogP contribution in [0.1, 0.15) is 23.4 Å². The second kappa shape index (κ2) is 5.72. The third-order valence-electron chi connectivity index (χ3n) is 3.98. The second-order valence-electron chi connectivity index (χ2n) is 5.56. The van der Waals surface area contributed by atoms with Crippen LogP contribution in [0.2, 0.25) is 5.02 Å². The summed E-state index contributed by atoms with van der Waals surface area (Å²) < 4.78 is 2.16. The maximum Gasteiger partial charge on any atom is 0.140 e. The lowest BCUT2D eigenvalue weighted by atomic mass is 10.3. The minimum atomic E-state index is 0.770. The number of nitrogens with one attached hydrogen (secondary N) is 1. The summed E-state index contributed by atoms with van der Waals surface area (Å²) in [6.45, 7) is 9.50. The van der Waals surface area contributed by atoms with E-state index in [0.29, 0.717) is 0 Å². The third-order valence-corrected chi connectivity index (χ3v) is 4.18. The summed E-state index contributed by atoms with van der Waals surface area (Å²) in [5.41, 5.74) is 4.51. The van der Waals surface area contributed by atoms with Gasteiger partial charge in [0.2, 0.25) is 0 Å². The van der Waals surface area contributed by atoms with Crippen LogP contribution in [0.15, 0.2) is 12.3 Å². The van der Waals surface area contributed by atoms with Crippen molar-refractivity contribution in [1.82, 2.24) is 19.6 Å². The summed E-state index contributed by atoms with van der Waals surface area (Å²) in [5, 5.41) is 4.21. The van der Waals surface area contributed by atoms with Gasteiger partial charge in [0.15, 0.2) is 0 Å². The monoisotopic (exact) mass is 292 g/mol. The topological polar surface area (TPSA) is 32.6 Å². The zero-order chi connectivity index (χ0) is 14.1. The van der Waals surface area contributed by atoms with Gasteiger partial charge in [-0.05, 0) is 45.0 Å². The van der Waals surface area contributed by atoms with Crippen LogP contribution in [0.4, 0.5) is 0 Å². The fraction of sp³-hybridized carbons (Fsp3) is 0.533. The van der Waals surface area contributed by atoms with Gasteiger partial charge < -0.3 is 9.72 Å². The summed E-state index contributed by atoms with van der Waals surface area (Å²) in [4.78, 5) is 7.20. The molecule has 1 N–H and O–H groups in total. The minimum absolute atomic E-state index is 0.770. The number of aryl methyl sites for hydroxylation is 2. The van der Waals surface area contributed by atoms with Crippen LogP contribution in [0, 0.1) is 13.8 Å². The minimum Gasteiger partial charge on any atom is -0.315 e. The van der Waals surface area contributed by atoms with Crippen LogP contribution in [0.5, 0.6) is 0 Å². The number of aromatic nitrogens is 2. The molecule has 3 heterocycles. The SMILES string of the molecule is Cc1nc2c(C)cc(Cl)cn2c1CN1CCCNCC1. The Hall–Kier alpha value is -1.10. The largest absolute Gasteiger partial charge is 0.315 e. The molecule has 20 heavy (non-hydrogen) atoms. The molecular weight excluding hydrogens is 272 g/mol. The standard InChI is InChI=1S/C15H21ClN4/c1-11-8-13(16)9-20-14(12(2)18-15(11)20)10-19-6-3-4-17-5-7-19/h8-9,17H,3-7,10H2,1-2H3. The van der Waals surface area contributed by atoms with Gasteiger partial charge in [-0.3, -0.25) is 4.90 Å². The van der Waals surface area contributed by atoms with Crippen molar-refractivity contribution in [3.63, 3.8) is 0 Å². The van der Waals surface area contributed by atoms with E-state index in [-0.39, 0.29) is 0 Å². The number of pyridine rings is 1. The molecule has 0 radical (unpaired) electrons. The van der Waals surface area contributed by atoms with Gasteiger partial charge in [0, 0.05) is 25.8 Å². The zero-order valence-corrected chi connectivity index (χ0v) is 12.9. The van der Waals surface area contributed by atoms with Crippen molar-refractivity contribution in [3.8, 4) is 0 Å². The molecule has 1 fully saturated rings. The van der Waals surface area contributed by atoms with Gasteiger partial charge in [-0.2, -0.15) is 0 Å². The van der Waals surface area contributed by atoms with Crippen LogP contribution >= 0.6 is 11.6 Å². The highest BCUT2D eigenvalue weighted by Crippen LogP contribution is 2.21. The number of hydrogen-bond donors (Lipinski definition) is 1. The molecule has 3 rings (SSSR count). The van der Waals surface area contributed by atoms with Gasteiger partial charge in [0.1, 0.15) is 5.65 Å². The molecule has 1 aliphatic rings. The van der Waals surface area contributed by atoms with E-state index in [0.717, 1.165) is 54.7 Å². The lowest BCUT2D eigenvalue weighted by Crippen LogP contribution is -2.28. The van der Waals surface area contributed by atoms with E-state index in [1.54, 1.807) is 0 Å². The predicted molar refractivity (Wildman–Crippen MR) is 82.4 cm³/mol. The fourth-order valence-electron chi connectivity index (χ4n) is 2.89. The first kappa shape index (κ1) is 13.9. The van der Waals surface area contributed by atoms with Gasteiger partial charge in [0.05, 0.1) is 16.4 Å². The number of halogens is 1. The number of imidazole rings is 1. The van der Waals surface area contributed by atoms with Gasteiger partial charge in [-0.15, -0.1) is 0 Å². The Labute approximate surface area is 124 Å². The predicted octanol–water partition coefficient (Wildman–Crippen LogP) is 2.40. The smallest absolute Gasteiger partial charge is 0.140 e. The Bertz CT molecular complexity index is 612. The first-order valence-electron chi connectivity index (χ1n) is 7.22. The Morgan fingerprint density at radius 1 is 1.30 bits per heavy atom. The van der Waals surface area contributed by atoms with Crippen molar-refractivity contribution in [2.75, 3.05) is 26.2 Å². The highest BCUT2D eigenvalue weighted by Gasteiger charge is 2.16. The first-order valence-corrected chi connectivity index (χ1v) is 7.59. The van der Waals surface area contributed by atoms with Crippen molar-refractivity contribution >= 4 is 17.2 Å². The van der Waals surface area contributed by atoms with Gasteiger partial charge in [-0.25, -0.2) is 4.98 Å². The molecule has 0 saturated carbocycles. The van der Waals surface area contributed by atoms with E-state index < -0.39 is 0 Å². The van der Waals surface area contributed by atoms with E-state index in [1.807, 2.05) is 12.3 Å². The van der Waals surface area contributed by atoms with Crippen molar-refractivity contribution in [1.29, 1.82) is 0 Å². The van der Waals surface area contributed by atoms with E-state index in [1.165, 1.54) is 12.1 Å². The molecule has 0 aliphatic carbocycles. The highest BCUT2D eigenvalue weighted by molar-refractivity contribution is 6.30. The summed E-state index contributed by atoms with van der Waals surface area (Å²) in [7, 11) is 0. The van der Waals surface area contributed by atoms with Crippen molar-refractivity contribution < 1.29 is 0 Å². The van der Waals surface area contributed by atoms with Crippen LogP contribution in [0.25, 0.3) is 5.65 Å². The summed E-state index contributed by atoms with van der Waals surface area (Å²) in [6, 6.07) is 1.98. The van der Waals surface area contributed by atoms with Gasteiger partial charge >= 0.3 is 0 Å². The van der Waals surface area contributed by atoms with Crippen LogP contribution in [0.3, 0.4) is 0 Å². The molecule has 2 aromatic rings. The molecule has 2 aromatic heterocycles.